The molecular weight excluding hydrogens is 306 g/mol. The molecule has 0 N–H and O–H groups in total. The standard InChI is InChI=1S/C15H12ClN3OS/c1-10-2-7-13-17-14(18-15(20)19(13)8-10)21-9-11-3-5-12(16)6-4-11/h2-8H,9H2,1H3. The van der Waals surface area contributed by atoms with E-state index < -0.39 is 0 Å². The highest BCUT2D eigenvalue weighted by Gasteiger charge is 2.05. The van der Waals surface area contributed by atoms with Gasteiger partial charge >= 0.3 is 5.69 Å². The Labute approximate surface area is 130 Å². The van der Waals surface area contributed by atoms with Crippen molar-refractivity contribution in [3.05, 3.63) is 69.2 Å². The quantitative estimate of drug-likeness (QED) is 0.695. The normalized spacial score (nSPS) is 11.0. The summed E-state index contributed by atoms with van der Waals surface area (Å²) in [4.78, 5) is 20.4. The lowest BCUT2D eigenvalue weighted by atomic mass is 10.2. The van der Waals surface area contributed by atoms with Gasteiger partial charge in [-0.15, -0.1) is 0 Å². The summed E-state index contributed by atoms with van der Waals surface area (Å²) in [7, 11) is 0. The SMILES string of the molecule is Cc1ccc2nc(SCc3ccc(Cl)cc3)nc(=O)n2c1. The van der Waals surface area contributed by atoms with E-state index in [-0.39, 0.29) is 5.69 Å². The molecule has 1 aromatic carbocycles. The first-order chi connectivity index (χ1) is 10.1. The first-order valence-corrected chi connectivity index (χ1v) is 7.72. The first kappa shape index (κ1) is 14.1. The summed E-state index contributed by atoms with van der Waals surface area (Å²) < 4.78 is 1.46. The van der Waals surface area contributed by atoms with E-state index in [1.807, 2.05) is 43.3 Å². The minimum atomic E-state index is -0.303. The van der Waals surface area contributed by atoms with E-state index in [4.69, 9.17) is 11.6 Å². The van der Waals surface area contributed by atoms with Crippen LogP contribution in [0.2, 0.25) is 5.02 Å². The van der Waals surface area contributed by atoms with Crippen molar-refractivity contribution in [2.45, 2.75) is 17.8 Å². The lowest BCUT2D eigenvalue weighted by Crippen LogP contribution is -2.19. The van der Waals surface area contributed by atoms with Crippen LogP contribution < -0.4 is 5.69 Å². The number of thioether (sulfide) groups is 1. The second-order valence-corrected chi connectivity index (χ2v) is 6.02. The second-order valence-electron chi connectivity index (χ2n) is 4.64. The van der Waals surface area contributed by atoms with Crippen LogP contribution in [0.4, 0.5) is 0 Å². The minimum absolute atomic E-state index is 0.303. The summed E-state index contributed by atoms with van der Waals surface area (Å²) in [6.07, 6.45) is 1.74. The molecule has 3 aromatic rings. The number of halogens is 1. The molecule has 3 rings (SSSR count). The number of nitrogens with zero attached hydrogens (tertiary/aromatic N) is 3. The van der Waals surface area contributed by atoms with E-state index in [1.165, 1.54) is 16.2 Å². The largest absolute Gasteiger partial charge is 0.355 e. The summed E-state index contributed by atoms with van der Waals surface area (Å²) in [5, 5.41) is 1.19. The Morgan fingerprint density at radius 1 is 1.14 bits per heavy atom. The van der Waals surface area contributed by atoms with Crippen LogP contribution in [0.15, 0.2) is 52.5 Å². The third-order valence-electron chi connectivity index (χ3n) is 2.96. The average Bonchev–Trinajstić information content (AvgIpc) is 2.47. The molecule has 0 unspecified atom stereocenters. The van der Waals surface area contributed by atoms with Crippen LogP contribution in [0.25, 0.3) is 5.65 Å². The maximum atomic E-state index is 12.0. The molecule has 0 saturated carbocycles. The molecule has 0 bridgehead atoms. The number of aryl methyl sites for hydroxylation is 1. The zero-order valence-corrected chi connectivity index (χ0v) is 12.9. The Hall–Kier alpha value is -1.85. The highest BCUT2D eigenvalue weighted by Crippen LogP contribution is 2.20. The summed E-state index contributed by atoms with van der Waals surface area (Å²) in [5.74, 6) is 0.693. The molecule has 0 aliphatic heterocycles. The van der Waals surface area contributed by atoms with Crippen LogP contribution in [-0.2, 0) is 5.75 Å². The molecule has 0 aliphatic rings. The van der Waals surface area contributed by atoms with Gasteiger partial charge in [-0.3, -0.25) is 4.40 Å². The Bertz CT molecular complexity index is 846. The molecule has 4 nitrogen and oxygen atoms in total. The average molecular weight is 318 g/mol. The minimum Gasteiger partial charge on any atom is -0.251 e. The molecule has 0 aliphatic carbocycles. The summed E-state index contributed by atoms with van der Waals surface area (Å²) in [6, 6.07) is 11.3. The van der Waals surface area contributed by atoms with Gasteiger partial charge in [0.05, 0.1) is 0 Å². The number of pyridine rings is 1. The van der Waals surface area contributed by atoms with E-state index in [2.05, 4.69) is 9.97 Å². The number of benzene rings is 1. The van der Waals surface area contributed by atoms with Crippen molar-refractivity contribution < 1.29 is 0 Å². The van der Waals surface area contributed by atoms with Crippen molar-refractivity contribution in [1.82, 2.24) is 14.4 Å². The van der Waals surface area contributed by atoms with Crippen LogP contribution in [-0.4, -0.2) is 14.4 Å². The maximum Gasteiger partial charge on any atom is 0.355 e. The third-order valence-corrected chi connectivity index (χ3v) is 4.13. The van der Waals surface area contributed by atoms with Crippen molar-refractivity contribution in [2.24, 2.45) is 0 Å². The van der Waals surface area contributed by atoms with Crippen molar-refractivity contribution in [2.75, 3.05) is 0 Å². The van der Waals surface area contributed by atoms with Crippen molar-refractivity contribution >= 4 is 29.0 Å². The Morgan fingerprint density at radius 2 is 1.90 bits per heavy atom. The summed E-state index contributed by atoms with van der Waals surface area (Å²) >= 11 is 7.29. The molecule has 0 atom stereocenters. The Kier molecular flexibility index (Phi) is 3.94. The smallest absolute Gasteiger partial charge is 0.251 e. The van der Waals surface area contributed by atoms with Gasteiger partial charge in [-0.05, 0) is 36.2 Å². The van der Waals surface area contributed by atoms with Gasteiger partial charge in [-0.2, -0.15) is 4.98 Å². The molecule has 2 heterocycles. The van der Waals surface area contributed by atoms with Crippen molar-refractivity contribution in [3.63, 3.8) is 0 Å². The summed E-state index contributed by atoms with van der Waals surface area (Å²) in [6.45, 7) is 1.93. The molecule has 0 amide bonds. The van der Waals surface area contributed by atoms with Gasteiger partial charge in [0.15, 0.2) is 5.16 Å². The van der Waals surface area contributed by atoms with Gasteiger partial charge < -0.3 is 0 Å². The fourth-order valence-corrected chi connectivity index (χ4v) is 2.81. The predicted molar refractivity (Wildman–Crippen MR) is 85.0 cm³/mol. The predicted octanol–water partition coefficient (Wildman–Crippen LogP) is 3.34. The number of hydrogen-bond acceptors (Lipinski definition) is 4. The van der Waals surface area contributed by atoms with E-state index >= 15 is 0 Å². The lowest BCUT2D eigenvalue weighted by molar-refractivity contribution is 0.843. The number of rotatable bonds is 3. The fourth-order valence-electron chi connectivity index (χ4n) is 1.90. The van der Waals surface area contributed by atoms with Gasteiger partial charge in [0.1, 0.15) is 5.65 Å². The molecule has 0 spiro atoms. The number of fused-ring (bicyclic) bond motifs is 1. The van der Waals surface area contributed by atoms with E-state index in [0.717, 1.165) is 11.1 Å². The fraction of sp³-hybridized carbons (Fsp3) is 0.133. The van der Waals surface area contributed by atoms with Gasteiger partial charge in [0.25, 0.3) is 0 Å². The van der Waals surface area contributed by atoms with Crippen LogP contribution in [0, 0.1) is 6.92 Å². The van der Waals surface area contributed by atoms with Crippen LogP contribution in [0.3, 0.4) is 0 Å². The topological polar surface area (TPSA) is 47.3 Å². The van der Waals surface area contributed by atoms with Crippen LogP contribution in [0.1, 0.15) is 11.1 Å². The van der Waals surface area contributed by atoms with Gasteiger partial charge in [-0.1, -0.05) is 41.6 Å². The van der Waals surface area contributed by atoms with E-state index in [1.54, 1.807) is 6.20 Å². The third kappa shape index (κ3) is 3.25. The molecule has 0 fully saturated rings. The first-order valence-electron chi connectivity index (χ1n) is 6.36. The molecule has 0 radical (unpaired) electrons. The summed E-state index contributed by atoms with van der Waals surface area (Å²) in [5.41, 5.74) is 2.41. The van der Waals surface area contributed by atoms with Crippen LogP contribution in [0.5, 0.6) is 0 Å². The Morgan fingerprint density at radius 3 is 2.67 bits per heavy atom. The monoisotopic (exact) mass is 317 g/mol. The van der Waals surface area contributed by atoms with Gasteiger partial charge in [-0.25, -0.2) is 9.78 Å². The number of aromatic nitrogens is 3. The molecular formula is C15H12ClN3OS. The molecule has 0 saturated heterocycles. The maximum absolute atomic E-state index is 12.0. The number of hydrogen-bond donors (Lipinski definition) is 0. The molecule has 106 valence electrons. The molecule has 21 heavy (non-hydrogen) atoms. The van der Waals surface area contributed by atoms with Crippen molar-refractivity contribution in [1.29, 1.82) is 0 Å². The van der Waals surface area contributed by atoms with Gasteiger partial charge in [0.2, 0.25) is 0 Å². The molecule has 6 heteroatoms. The van der Waals surface area contributed by atoms with Crippen molar-refractivity contribution in [3.8, 4) is 0 Å². The van der Waals surface area contributed by atoms with E-state index in [0.29, 0.717) is 21.6 Å². The second kappa shape index (κ2) is 5.87. The molecule has 2 aromatic heterocycles. The van der Waals surface area contributed by atoms with Gasteiger partial charge in [0, 0.05) is 17.0 Å². The highest BCUT2D eigenvalue weighted by molar-refractivity contribution is 7.98. The van der Waals surface area contributed by atoms with Crippen LogP contribution >= 0.6 is 23.4 Å². The zero-order valence-electron chi connectivity index (χ0n) is 11.3. The Balaban J connectivity index is 1.86. The van der Waals surface area contributed by atoms with E-state index in [9.17, 15) is 4.79 Å². The zero-order chi connectivity index (χ0) is 14.8. The lowest BCUT2D eigenvalue weighted by Gasteiger charge is -2.04. The highest BCUT2D eigenvalue weighted by atomic mass is 35.5.